The first-order valence-electron chi connectivity index (χ1n) is 6.86. The molecule has 3 rings (SSSR count). The van der Waals surface area contributed by atoms with Crippen molar-refractivity contribution in [1.82, 2.24) is 4.90 Å². The minimum absolute atomic E-state index is 0. The lowest BCUT2D eigenvalue weighted by molar-refractivity contribution is -0.0767. The number of fused-ring (bicyclic) bond motifs is 1. The second-order valence-corrected chi connectivity index (χ2v) is 5.24. The van der Waals surface area contributed by atoms with E-state index in [2.05, 4.69) is 17.0 Å². The molecule has 106 valence electrons. The van der Waals surface area contributed by atoms with Crippen molar-refractivity contribution < 1.29 is 9.47 Å². The highest BCUT2D eigenvalue weighted by Gasteiger charge is 2.31. The third kappa shape index (κ3) is 3.22. The van der Waals surface area contributed by atoms with Crippen molar-refractivity contribution in [2.45, 2.75) is 31.4 Å². The maximum absolute atomic E-state index is 6.04. The summed E-state index contributed by atoms with van der Waals surface area (Å²) in [6, 6.07) is 8.91. The van der Waals surface area contributed by atoms with Gasteiger partial charge in [-0.25, -0.2) is 0 Å². The normalized spacial score (nSPS) is 27.2. The highest BCUT2D eigenvalue weighted by atomic mass is 35.5. The number of rotatable bonds is 2. The number of nitrogens with zero attached hydrogens (tertiary/aromatic N) is 1. The summed E-state index contributed by atoms with van der Waals surface area (Å²) in [7, 11) is 1.71. The average molecular weight is 284 g/mol. The Balaban J connectivity index is 0.00000133. The molecule has 2 fully saturated rings. The number of halogens is 1. The van der Waals surface area contributed by atoms with E-state index < -0.39 is 0 Å². The first kappa shape index (κ1) is 14.6. The summed E-state index contributed by atoms with van der Waals surface area (Å²) in [4.78, 5) is 2.59. The van der Waals surface area contributed by atoms with Gasteiger partial charge < -0.3 is 9.47 Å². The summed E-state index contributed by atoms with van der Waals surface area (Å²) in [5, 5.41) is 0. The molecule has 0 N–H and O–H groups in total. The van der Waals surface area contributed by atoms with Crippen LogP contribution in [0, 0.1) is 0 Å². The Morgan fingerprint density at radius 1 is 1.32 bits per heavy atom. The number of benzene rings is 1. The zero-order valence-electron chi connectivity index (χ0n) is 11.4. The van der Waals surface area contributed by atoms with Crippen molar-refractivity contribution in [1.29, 1.82) is 0 Å². The Bertz CT molecular complexity index is 413. The molecule has 2 aliphatic heterocycles. The molecule has 2 atom stereocenters. The second-order valence-electron chi connectivity index (χ2n) is 5.24. The molecule has 4 heteroatoms. The smallest absolute Gasteiger partial charge is 0.119 e. The van der Waals surface area contributed by atoms with Gasteiger partial charge in [0.1, 0.15) is 5.75 Å². The van der Waals surface area contributed by atoms with Crippen molar-refractivity contribution in [3.8, 4) is 5.75 Å². The van der Waals surface area contributed by atoms with Crippen molar-refractivity contribution >= 4 is 12.4 Å². The number of piperidine rings is 1. The number of methoxy groups -OCH3 is 1. The van der Waals surface area contributed by atoms with E-state index in [1.165, 1.54) is 31.4 Å². The molecular formula is C15H22ClNO2. The van der Waals surface area contributed by atoms with Crippen LogP contribution in [0.1, 0.15) is 30.9 Å². The zero-order valence-corrected chi connectivity index (χ0v) is 12.2. The lowest BCUT2D eigenvalue weighted by atomic mass is 9.98. The fourth-order valence-electron chi connectivity index (χ4n) is 3.03. The minimum Gasteiger partial charge on any atom is -0.497 e. The number of morpholine rings is 1. The topological polar surface area (TPSA) is 21.7 Å². The maximum atomic E-state index is 6.04. The van der Waals surface area contributed by atoms with Crippen molar-refractivity contribution in [3.05, 3.63) is 29.8 Å². The molecule has 0 aromatic heterocycles. The quantitative estimate of drug-likeness (QED) is 0.833. The van der Waals surface area contributed by atoms with E-state index in [1.54, 1.807) is 7.11 Å². The number of hydrogen-bond donors (Lipinski definition) is 0. The maximum Gasteiger partial charge on any atom is 0.119 e. The summed E-state index contributed by atoms with van der Waals surface area (Å²) in [5.41, 5.74) is 1.23. The van der Waals surface area contributed by atoms with Gasteiger partial charge in [-0.15, -0.1) is 12.4 Å². The molecule has 0 saturated carbocycles. The average Bonchev–Trinajstić information content (AvgIpc) is 2.47. The number of ether oxygens (including phenoxy) is 2. The highest BCUT2D eigenvalue weighted by Crippen LogP contribution is 2.30. The second kappa shape index (κ2) is 6.60. The Morgan fingerprint density at radius 3 is 3.05 bits per heavy atom. The molecule has 0 amide bonds. The van der Waals surface area contributed by atoms with Gasteiger partial charge in [-0.05, 0) is 37.1 Å². The van der Waals surface area contributed by atoms with E-state index in [0.717, 1.165) is 18.9 Å². The predicted molar refractivity (Wildman–Crippen MR) is 78.1 cm³/mol. The summed E-state index contributed by atoms with van der Waals surface area (Å²) in [5.74, 6) is 0.914. The van der Waals surface area contributed by atoms with Gasteiger partial charge in [0.15, 0.2) is 0 Å². The Labute approximate surface area is 121 Å². The summed E-state index contributed by atoms with van der Waals surface area (Å²) in [6.07, 6.45) is 4.19. The van der Waals surface area contributed by atoms with Crippen LogP contribution < -0.4 is 4.74 Å². The van der Waals surface area contributed by atoms with Gasteiger partial charge in [-0.3, -0.25) is 4.90 Å². The molecule has 0 radical (unpaired) electrons. The van der Waals surface area contributed by atoms with Gasteiger partial charge in [0.2, 0.25) is 0 Å². The van der Waals surface area contributed by atoms with Crippen LogP contribution in [-0.2, 0) is 4.74 Å². The predicted octanol–water partition coefficient (Wildman–Crippen LogP) is 3.04. The third-order valence-corrected chi connectivity index (χ3v) is 4.10. The molecule has 2 heterocycles. The lowest BCUT2D eigenvalue weighted by Gasteiger charge is -2.42. The van der Waals surface area contributed by atoms with Crippen LogP contribution in [0.25, 0.3) is 0 Å². The Kier molecular flexibility index (Phi) is 5.08. The largest absolute Gasteiger partial charge is 0.497 e. The summed E-state index contributed by atoms with van der Waals surface area (Å²) < 4.78 is 11.3. The molecule has 0 spiro atoms. The summed E-state index contributed by atoms with van der Waals surface area (Å²) in [6.45, 7) is 3.13. The first-order valence-corrected chi connectivity index (χ1v) is 6.86. The molecule has 0 aliphatic carbocycles. The monoisotopic (exact) mass is 283 g/mol. The molecule has 0 bridgehead atoms. The minimum atomic E-state index is 0. The Hall–Kier alpha value is -0.770. The molecule has 2 unspecified atom stereocenters. The van der Waals surface area contributed by atoms with Gasteiger partial charge in [-0.2, -0.15) is 0 Å². The molecule has 3 nitrogen and oxygen atoms in total. The van der Waals surface area contributed by atoms with Gasteiger partial charge in [0.25, 0.3) is 0 Å². The van der Waals surface area contributed by atoms with E-state index in [4.69, 9.17) is 9.47 Å². The fourth-order valence-corrected chi connectivity index (χ4v) is 3.03. The van der Waals surface area contributed by atoms with Crippen LogP contribution in [0.15, 0.2) is 24.3 Å². The fraction of sp³-hybridized carbons (Fsp3) is 0.600. The van der Waals surface area contributed by atoms with Crippen molar-refractivity contribution in [2.24, 2.45) is 0 Å². The third-order valence-electron chi connectivity index (χ3n) is 4.10. The number of hydrogen-bond acceptors (Lipinski definition) is 3. The zero-order chi connectivity index (χ0) is 12.4. The van der Waals surface area contributed by atoms with Crippen LogP contribution >= 0.6 is 12.4 Å². The Morgan fingerprint density at radius 2 is 2.21 bits per heavy atom. The van der Waals surface area contributed by atoms with Crippen molar-refractivity contribution in [2.75, 3.05) is 26.8 Å². The van der Waals surface area contributed by atoms with Gasteiger partial charge in [0.05, 0.1) is 19.8 Å². The molecule has 2 saturated heterocycles. The van der Waals surface area contributed by atoms with E-state index in [-0.39, 0.29) is 18.5 Å². The van der Waals surface area contributed by atoms with E-state index in [0.29, 0.717) is 6.04 Å². The van der Waals surface area contributed by atoms with Crippen LogP contribution in [-0.4, -0.2) is 37.7 Å². The molecule has 19 heavy (non-hydrogen) atoms. The van der Waals surface area contributed by atoms with Gasteiger partial charge in [-0.1, -0.05) is 18.6 Å². The molecular weight excluding hydrogens is 262 g/mol. The van der Waals surface area contributed by atoms with E-state index in [1.807, 2.05) is 12.1 Å². The molecule has 1 aromatic rings. The lowest BCUT2D eigenvalue weighted by Crippen LogP contribution is -2.48. The molecule has 2 aliphatic rings. The van der Waals surface area contributed by atoms with Crippen LogP contribution in [0.4, 0.5) is 0 Å². The molecule has 1 aromatic carbocycles. The first-order chi connectivity index (χ1) is 8.86. The van der Waals surface area contributed by atoms with Crippen LogP contribution in [0.3, 0.4) is 0 Å². The van der Waals surface area contributed by atoms with Crippen molar-refractivity contribution in [3.63, 3.8) is 0 Å². The van der Waals surface area contributed by atoms with E-state index >= 15 is 0 Å². The van der Waals surface area contributed by atoms with Gasteiger partial charge in [0, 0.05) is 12.6 Å². The highest BCUT2D eigenvalue weighted by molar-refractivity contribution is 5.85. The van der Waals surface area contributed by atoms with E-state index in [9.17, 15) is 0 Å². The van der Waals surface area contributed by atoms with Crippen LogP contribution in [0.5, 0.6) is 5.75 Å². The van der Waals surface area contributed by atoms with Gasteiger partial charge >= 0.3 is 0 Å². The van der Waals surface area contributed by atoms with Crippen LogP contribution in [0.2, 0.25) is 0 Å². The SMILES string of the molecule is COc1cccc(C2CN3CCCCC3CO2)c1.Cl. The standard InChI is InChI=1S/C15H21NO2.ClH/c1-17-14-7-4-5-12(9-14)15-10-16-8-3-2-6-13(16)11-18-15;/h4-5,7,9,13,15H,2-3,6,8,10-11H2,1H3;1H. The summed E-state index contributed by atoms with van der Waals surface area (Å²) >= 11 is 0.